The van der Waals surface area contributed by atoms with E-state index < -0.39 is 0 Å². The third kappa shape index (κ3) is 3.49. The molecule has 7 nitrogen and oxygen atoms in total. The van der Waals surface area contributed by atoms with Gasteiger partial charge in [-0.05, 0) is 30.4 Å². The number of aromatic nitrogens is 4. The first-order valence-corrected chi connectivity index (χ1v) is 8.69. The monoisotopic (exact) mass is 372 g/mol. The van der Waals surface area contributed by atoms with Gasteiger partial charge >= 0.3 is 0 Å². The normalized spacial score (nSPS) is 15.3. The van der Waals surface area contributed by atoms with Crippen molar-refractivity contribution < 1.29 is 8.81 Å². The number of halogens is 1. The molecule has 0 aliphatic carbocycles. The Bertz CT molecular complexity index is 936. The van der Waals surface area contributed by atoms with Crippen molar-refractivity contribution in [2.45, 2.75) is 6.67 Å². The van der Waals surface area contributed by atoms with Crippen molar-refractivity contribution in [2.24, 2.45) is 0 Å². The van der Waals surface area contributed by atoms with Crippen LogP contribution >= 0.6 is 12.2 Å². The molecule has 0 atom stereocenters. The Balaban J connectivity index is 1.43. The Morgan fingerprint density at radius 2 is 1.77 bits per heavy atom. The van der Waals surface area contributed by atoms with E-state index in [2.05, 4.69) is 24.9 Å². The molecule has 1 aromatic carbocycles. The van der Waals surface area contributed by atoms with Crippen molar-refractivity contribution in [1.82, 2.24) is 24.6 Å². The summed E-state index contributed by atoms with van der Waals surface area (Å²) in [6.07, 6.45) is 3.49. The van der Waals surface area contributed by atoms with E-state index in [-0.39, 0.29) is 16.5 Å². The van der Waals surface area contributed by atoms with Gasteiger partial charge in [0, 0.05) is 38.6 Å². The second kappa shape index (κ2) is 7.30. The smallest absolute Gasteiger partial charge is 0.288 e. The summed E-state index contributed by atoms with van der Waals surface area (Å²) in [7, 11) is 0. The molecule has 4 rings (SSSR count). The fourth-order valence-electron chi connectivity index (χ4n) is 2.87. The van der Waals surface area contributed by atoms with E-state index in [9.17, 15) is 4.39 Å². The highest BCUT2D eigenvalue weighted by atomic mass is 32.1. The molecule has 0 N–H and O–H groups in total. The van der Waals surface area contributed by atoms with Crippen molar-refractivity contribution in [1.29, 1.82) is 0 Å². The van der Waals surface area contributed by atoms with Crippen LogP contribution in [0.3, 0.4) is 0 Å². The number of hydrogen-bond donors (Lipinski definition) is 0. The maximum atomic E-state index is 13.9. The van der Waals surface area contributed by atoms with Crippen LogP contribution in [0.1, 0.15) is 0 Å². The van der Waals surface area contributed by atoms with Crippen LogP contribution in [0.15, 0.2) is 47.1 Å². The van der Waals surface area contributed by atoms with Crippen molar-refractivity contribution in [3.05, 3.63) is 53.4 Å². The zero-order chi connectivity index (χ0) is 17.9. The van der Waals surface area contributed by atoms with Crippen LogP contribution in [-0.4, -0.2) is 50.8 Å². The molecule has 0 unspecified atom stereocenters. The minimum absolute atomic E-state index is 0.199. The standard InChI is InChI=1S/C17H17FN6OS/c18-14-5-2-1-4-13(14)15-21-24(17(26)25-15)12-22-8-10-23(11-9-22)16-19-6-3-7-20-16/h1-7H,8-12H2. The van der Waals surface area contributed by atoms with Crippen LogP contribution in [0.5, 0.6) is 0 Å². The van der Waals surface area contributed by atoms with Gasteiger partial charge in [0.05, 0.1) is 12.2 Å². The summed E-state index contributed by atoms with van der Waals surface area (Å²) in [6, 6.07) is 8.16. The molecule has 1 saturated heterocycles. The van der Waals surface area contributed by atoms with Crippen LogP contribution in [0, 0.1) is 10.7 Å². The van der Waals surface area contributed by atoms with Crippen LogP contribution in [-0.2, 0) is 6.67 Å². The molecule has 0 amide bonds. The largest absolute Gasteiger partial charge is 0.409 e. The molecule has 2 aromatic heterocycles. The van der Waals surface area contributed by atoms with Crippen LogP contribution in [0.4, 0.5) is 10.3 Å². The van der Waals surface area contributed by atoms with Gasteiger partial charge in [-0.15, -0.1) is 5.10 Å². The number of benzene rings is 1. The van der Waals surface area contributed by atoms with Crippen molar-refractivity contribution in [2.75, 3.05) is 31.1 Å². The zero-order valence-electron chi connectivity index (χ0n) is 14.0. The number of nitrogens with zero attached hydrogens (tertiary/aromatic N) is 6. The maximum Gasteiger partial charge on any atom is 0.288 e. The van der Waals surface area contributed by atoms with Crippen LogP contribution in [0.2, 0.25) is 0 Å². The highest BCUT2D eigenvalue weighted by Gasteiger charge is 2.20. The van der Waals surface area contributed by atoms with Gasteiger partial charge in [-0.2, -0.15) is 0 Å². The lowest BCUT2D eigenvalue weighted by Crippen LogP contribution is -2.47. The summed E-state index contributed by atoms with van der Waals surface area (Å²) >= 11 is 5.24. The predicted octanol–water partition coefficient (Wildman–Crippen LogP) is 2.58. The lowest BCUT2D eigenvalue weighted by Gasteiger charge is -2.34. The summed E-state index contributed by atoms with van der Waals surface area (Å²) in [6.45, 7) is 3.77. The van der Waals surface area contributed by atoms with E-state index in [1.807, 2.05) is 0 Å². The first-order valence-electron chi connectivity index (χ1n) is 8.28. The predicted molar refractivity (Wildman–Crippen MR) is 96.5 cm³/mol. The molecule has 26 heavy (non-hydrogen) atoms. The van der Waals surface area contributed by atoms with E-state index in [0.717, 1.165) is 32.1 Å². The highest BCUT2D eigenvalue weighted by molar-refractivity contribution is 7.71. The van der Waals surface area contributed by atoms with Gasteiger partial charge in [0.2, 0.25) is 11.8 Å². The van der Waals surface area contributed by atoms with Crippen molar-refractivity contribution in [3.63, 3.8) is 0 Å². The second-order valence-corrected chi connectivity index (χ2v) is 6.30. The summed E-state index contributed by atoms with van der Waals surface area (Å²) in [5.74, 6) is 0.559. The number of piperazine rings is 1. The van der Waals surface area contributed by atoms with Gasteiger partial charge in [-0.25, -0.2) is 19.0 Å². The molecule has 0 spiro atoms. The lowest BCUT2D eigenvalue weighted by molar-refractivity contribution is 0.191. The number of anilines is 1. The van der Waals surface area contributed by atoms with Gasteiger partial charge in [0.25, 0.3) is 4.84 Å². The number of rotatable bonds is 4. The van der Waals surface area contributed by atoms with Crippen molar-refractivity contribution >= 4 is 18.2 Å². The molecular weight excluding hydrogens is 355 g/mol. The number of hydrogen-bond acceptors (Lipinski definition) is 7. The third-order valence-electron chi connectivity index (χ3n) is 4.25. The average Bonchev–Trinajstić information content (AvgIpc) is 3.04. The molecule has 1 fully saturated rings. The fraction of sp³-hybridized carbons (Fsp3) is 0.294. The molecule has 3 heterocycles. The summed E-state index contributed by atoms with van der Waals surface area (Å²) < 4.78 is 21.0. The van der Waals surface area contributed by atoms with Crippen LogP contribution < -0.4 is 4.90 Å². The highest BCUT2D eigenvalue weighted by Crippen LogP contribution is 2.21. The van der Waals surface area contributed by atoms with E-state index in [4.69, 9.17) is 16.6 Å². The van der Waals surface area contributed by atoms with E-state index in [1.54, 1.807) is 41.3 Å². The van der Waals surface area contributed by atoms with Gasteiger partial charge in [0.1, 0.15) is 5.82 Å². The Hall–Kier alpha value is -2.65. The molecule has 0 bridgehead atoms. The minimum Gasteiger partial charge on any atom is -0.409 e. The van der Waals surface area contributed by atoms with Gasteiger partial charge in [0.15, 0.2) is 0 Å². The quantitative estimate of drug-likeness (QED) is 0.652. The van der Waals surface area contributed by atoms with Crippen molar-refractivity contribution in [3.8, 4) is 11.5 Å². The zero-order valence-corrected chi connectivity index (χ0v) is 14.8. The second-order valence-electron chi connectivity index (χ2n) is 5.95. The SMILES string of the molecule is Fc1ccccc1-c1nn(CN2CCN(c3ncccn3)CC2)c(=S)o1. The Morgan fingerprint density at radius 1 is 1.04 bits per heavy atom. The van der Waals surface area contributed by atoms with Gasteiger partial charge in [-0.3, -0.25) is 4.90 Å². The van der Waals surface area contributed by atoms with E-state index in [0.29, 0.717) is 12.2 Å². The van der Waals surface area contributed by atoms with Gasteiger partial charge < -0.3 is 9.32 Å². The molecule has 9 heteroatoms. The average molecular weight is 372 g/mol. The molecule has 0 saturated carbocycles. The Morgan fingerprint density at radius 3 is 2.50 bits per heavy atom. The topological polar surface area (TPSA) is 63.2 Å². The minimum atomic E-state index is -0.382. The summed E-state index contributed by atoms with van der Waals surface area (Å²) in [5.41, 5.74) is 0.309. The fourth-order valence-corrected chi connectivity index (χ4v) is 3.05. The summed E-state index contributed by atoms with van der Waals surface area (Å²) in [5, 5.41) is 4.34. The van der Waals surface area contributed by atoms with E-state index in [1.165, 1.54) is 6.07 Å². The molecular formula is C17H17FN6OS. The Kier molecular flexibility index (Phi) is 4.72. The third-order valence-corrected chi connectivity index (χ3v) is 4.55. The summed E-state index contributed by atoms with van der Waals surface area (Å²) in [4.78, 5) is 13.2. The first kappa shape index (κ1) is 16.8. The molecule has 3 aromatic rings. The Labute approximate surface area is 154 Å². The molecule has 134 valence electrons. The van der Waals surface area contributed by atoms with Crippen LogP contribution in [0.25, 0.3) is 11.5 Å². The maximum absolute atomic E-state index is 13.9. The molecule has 1 aliphatic rings. The first-order chi connectivity index (χ1) is 12.7. The van der Waals surface area contributed by atoms with Gasteiger partial charge in [-0.1, -0.05) is 12.1 Å². The lowest BCUT2D eigenvalue weighted by atomic mass is 10.2. The van der Waals surface area contributed by atoms with E-state index >= 15 is 0 Å². The molecule has 1 aliphatic heterocycles. The molecule has 0 radical (unpaired) electrons.